The summed E-state index contributed by atoms with van der Waals surface area (Å²) < 4.78 is 40.7. The minimum Gasteiger partial charge on any atom is -0.469 e. The molecule has 1 aromatic heterocycles. The minimum atomic E-state index is -4.61. The number of ketones is 1. The number of rotatable bonds is 5. The molecule has 18 heavy (non-hydrogen) atoms. The van der Waals surface area contributed by atoms with Gasteiger partial charge in [-0.3, -0.25) is 14.7 Å². The number of nitrogens with zero attached hydrogens (tertiary/aromatic N) is 2. The summed E-state index contributed by atoms with van der Waals surface area (Å²) in [5.41, 5.74) is 0. The molecule has 1 aromatic rings. The number of hydrogen-bond donors (Lipinski definition) is 1. The molecule has 0 spiro atoms. The Morgan fingerprint density at radius 1 is 1.44 bits per heavy atom. The average Bonchev–Trinajstić information content (AvgIpc) is 2.74. The summed E-state index contributed by atoms with van der Waals surface area (Å²) in [6.45, 7) is 0. The van der Waals surface area contributed by atoms with Crippen molar-refractivity contribution in [3.05, 3.63) is 5.82 Å². The molecule has 10 heteroatoms. The Morgan fingerprint density at radius 2 is 2.11 bits per heavy atom. The van der Waals surface area contributed by atoms with E-state index in [1.807, 2.05) is 0 Å². The van der Waals surface area contributed by atoms with Crippen LogP contribution in [0.5, 0.6) is 0 Å². The first-order valence-electron chi connectivity index (χ1n) is 4.54. The number of H-pyrrole nitrogens is 1. The van der Waals surface area contributed by atoms with Crippen molar-refractivity contribution in [3.63, 3.8) is 0 Å². The number of halogens is 3. The van der Waals surface area contributed by atoms with E-state index >= 15 is 0 Å². The molecule has 0 fully saturated rings. The summed E-state index contributed by atoms with van der Waals surface area (Å²) in [7, 11) is 1.13. The molecule has 0 aliphatic carbocycles. The number of carbonyl (C=O) groups is 2. The molecule has 0 unspecified atom stereocenters. The molecule has 0 radical (unpaired) electrons. The van der Waals surface area contributed by atoms with Gasteiger partial charge in [0.15, 0.2) is 5.78 Å². The van der Waals surface area contributed by atoms with Gasteiger partial charge in [0.1, 0.15) is 6.42 Å². The van der Waals surface area contributed by atoms with E-state index in [1.165, 1.54) is 0 Å². The topological polar surface area (TPSA) is 84.9 Å². The second kappa shape index (κ2) is 5.85. The lowest BCUT2D eigenvalue weighted by Gasteiger charge is -1.98. The fourth-order valence-corrected chi connectivity index (χ4v) is 1.53. The quantitative estimate of drug-likeness (QED) is 0.494. The molecule has 1 rings (SSSR count). The van der Waals surface area contributed by atoms with Crippen LogP contribution in [-0.2, 0) is 20.5 Å². The molecule has 0 aliphatic heterocycles. The van der Waals surface area contributed by atoms with Crippen molar-refractivity contribution >= 4 is 23.5 Å². The number of ether oxygens (including phenoxy) is 1. The third kappa shape index (κ3) is 4.35. The first-order chi connectivity index (χ1) is 8.32. The summed E-state index contributed by atoms with van der Waals surface area (Å²) in [5, 5.41) is 4.80. The average molecular weight is 283 g/mol. The number of esters is 1. The molecular formula is C8H8F3N3O3S. The van der Waals surface area contributed by atoms with Crippen LogP contribution in [0.3, 0.4) is 0 Å². The molecule has 0 saturated carbocycles. The molecule has 6 nitrogen and oxygen atoms in total. The number of carbonyl (C=O) groups excluding carboxylic acids is 2. The van der Waals surface area contributed by atoms with E-state index in [9.17, 15) is 22.8 Å². The Balaban J connectivity index is 2.47. The van der Waals surface area contributed by atoms with Gasteiger partial charge in [-0.05, 0) is 0 Å². The van der Waals surface area contributed by atoms with Gasteiger partial charge in [-0.25, -0.2) is 0 Å². The predicted octanol–water partition coefficient (Wildman–Crippen LogP) is 1.05. The molecule has 0 bridgehead atoms. The maximum absolute atomic E-state index is 12.1. The molecule has 0 aliphatic rings. The van der Waals surface area contributed by atoms with Crippen LogP contribution < -0.4 is 0 Å². The van der Waals surface area contributed by atoms with Crippen molar-refractivity contribution in [2.24, 2.45) is 0 Å². The van der Waals surface area contributed by atoms with Gasteiger partial charge in [-0.1, -0.05) is 11.8 Å². The highest BCUT2D eigenvalue weighted by atomic mass is 32.2. The first-order valence-corrected chi connectivity index (χ1v) is 5.52. The van der Waals surface area contributed by atoms with Crippen LogP contribution in [0.25, 0.3) is 0 Å². The van der Waals surface area contributed by atoms with Crippen molar-refractivity contribution in [1.29, 1.82) is 0 Å². The second-order valence-corrected chi connectivity index (χ2v) is 3.99. The van der Waals surface area contributed by atoms with Crippen LogP contribution in [0, 0.1) is 0 Å². The highest BCUT2D eigenvalue weighted by molar-refractivity contribution is 7.99. The molecule has 1 heterocycles. The zero-order valence-electron chi connectivity index (χ0n) is 9.08. The number of thioether (sulfide) groups is 1. The molecule has 0 saturated heterocycles. The summed E-state index contributed by atoms with van der Waals surface area (Å²) in [6.07, 6.45) is -5.04. The number of hydrogen-bond acceptors (Lipinski definition) is 6. The van der Waals surface area contributed by atoms with Gasteiger partial charge in [0.05, 0.1) is 12.9 Å². The number of Topliss-reactive ketones (excluding diaryl/α,β-unsaturated/α-hetero) is 1. The summed E-state index contributed by atoms with van der Waals surface area (Å²) in [5.74, 6) is -2.62. The van der Waals surface area contributed by atoms with E-state index in [0.717, 1.165) is 7.11 Å². The van der Waals surface area contributed by atoms with Gasteiger partial charge in [0.25, 0.3) is 0 Å². The highest BCUT2D eigenvalue weighted by Crippen LogP contribution is 2.27. The molecule has 1 N–H and O–H groups in total. The lowest BCUT2D eigenvalue weighted by molar-refractivity contribution is -0.145. The van der Waals surface area contributed by atoms with E-state index in [2.05, 4.69) is 14.8 Å². The number of methoxy groups -OCH3 is 1. The van der Waals surface area contributed by atoms with E-state index < -0.39 is 30.2 Å². The van der Waals surface area contributed by atoms with Crippen molar-refractivity contribution < 1.29 is 27.5 Å². The molecule has 100 valence electrons. The van der Waals surface area contributed by atoms with E-state index in [-0.39, 0.29) is 10.9 Å². The number of aromatic nitrogens is 3. The summed E-state index contributed by atoms with van der Waals surface area (Å²) in [6, 6.07) is 0. The Hall–Kier alpha value is -1.58. The lowest BCUT2D eigenvalue weighted by Crippen LogP contribution is -2.11. The predicted molar refractivity (Wildman–Crippen MR) is 53.7 cm³/mol. The number of nitrogens with one attached hydrogen (secondary N) is 1. The van der Waals surface area contributed by atoms with E-state index in [4.69, 9.17) is 0 Å². The Bertz CT molecular complexity index is 446. The van der Waals surface area contributed by atoms with Crippen molar-refractivity contribution in [3.8, 4) is 0 Å². The van der Waals surface area contributed by atoms with Crippen LogP contribution >= 0.6 is 11.8 Å². The SMILES string of the molecule is COC(=O)CC(=O)CSc1n[nH]c(C(F)(F)F)n1. The standard InChI is InChI=1S/C8H8F3N3O3S/c1-17-5(16)2-4(15)3-18-7-12-6(13-14-7)8(9,10)11/h2-3H2,1H3,(H,12,13,14). The number of alkyl halides is 3. The summed E-state index contributed by atoms with van der Waals surface area (Å²) >= 11 is 0.707. The van der Waals surface area contributed by atoms with E-state index in [1.54, 1.807) is 5.10 Å². The number of aromatic amines is 1. The molecule has 0 amide bonds. The van der Waals surface area contributed by atoms with Crippen LogP contribution in [0.2, 0.25) is 0 Å². The van der Waals surface area contributed by atoms with Gasteiger partial charge in [-0.2, -0.15) is 18.2 Å². The fourth-order valence-electron chi connectivity index (χ4n) is 0.867. The Morgan fingerprint density at radius 3 is 2.61 bits per heavy atom. The van der Waals surface area contributed by atoms with E-state index in [0.29, 0.717) is 11.8 Å². The van der Waals surface area contributed by atoms with Gasteiger partial charge in [0.2, 0.25) is 11.0 Å². The third-order valence-electron chi connectivity index (χ3n) is 1.66. The van der Waals surface area contributed by atoms with Gasteiger partial charge in [0, 0.05) is 0 Å². The van der Waals surface area contributed by atoms with Crippen molar-refractivity contribution in [1.82, 2.24) is 15.2 Å². The smallest absolute Gasteiger partial charge is 0.451 e. The Labute approximate surface area is 103 Å². The van der Waals surface area contributed by atoms with Gasteiger partial charge >= 0.3 is 12.1 Å². The van der Waals surface area contributed by atoms with Crippen molar-refractivity contribution in [2.45, 2.75) is 17.8 Å². The van der Waals surface area contributed by atoms with Crippen molar-refractivity contribution in [2.75, 3.05) is 12.9 Å². The fraction of sp³-hybridized carbons (Fsp3) is 0.500. The molecular weight excluding hydrogens is 275 g/mol. The second-order valence-electron chi connectivity index (χ2n) is 3.04. The maximum Gasteiger partial charge on any atom is 0.451 e. The Kier molecular flexibility index (Phi) is 4.70. The summed E-state index contributed by atoms with van der Waals surface area (Å²) in [4.78, 5) is 25.1. The third-order valence-corrected chi connectivity index (χ3v) is 2.57. The van der Waals surface area contributed by atoms with Crippen LogP contribution in [-0.4, -0.2) is 39.8 Å². The van der Waals surface area contributed by atoms with Gasteiger partial charge < -0.3 is 4.74 Å². The zero-order valence-corrected chi connectivity index (χ0v) is 9.89. The zero-order chi connectivity index (χ0) is 13.8. The molecule has 0 aromatic carbocycles. The largest absolute Gasteiger partial charge is 0.469 e. The van der Waals surface area contributed by atoms with Crippen LogP contribution in [0.15, 0.2) is 5.16 Å². The molecule has 0 atom stereocenters. The minimum absolute atomic E-state index is 0.204. The normalized spacial score (nSPS) is 11.3. The van der Waals surface area contributed by atoms with Crippen LogP contribution in [0.1, 0.15) is 12.2 Å². The lowest BCUT2D eigenvalue weighted by atomic mass is 10.3. The van der Waals surface area contributed by atoms with Crippen LogP contribution in [0.4, 0.5) is 13.2 Å². The maximum atomic E-state index is 12.1. The first kappa shape index (κ1) is 14.5. The monoisotopic (exact) mass is 283 g/mol. The van der Waals surface area contributed by atoms with Gasteiger partial charge in [-0.15, -0.1) is 5.10 Å². The highest BCUT2D eigenvalue weighted by Gasteiger charge is 2.35.